The third-order valence-corrected chi connectivity index (χ3v) is 3.33. The second-order valence-corrected chi connectivity index (χ2v) is 5.80. The number of rotatable bonds is 10. The Morgan fingerprint density at radius 2 is 1.88 bits per heavy atom. The van der Waals surface area contributed by atoms with Crippen LogP contribution in [0.1, 0.15) is 66.2 Å². The Morgan fingerprint density at radius 1 is 1.19 bits per heavy atom. The SMILES string of the molecule is CCCCC(C)NCCCC(C)(C)CCN. The summed E-state index contributed by atoms with van der Waals surface area (Å²) in [6, 6.07) is 0.678. The number of nitrogens with one attached hydrogen (secondary N) is 1. The first-order chi connectivity index (χ1) is 7.52. The highest BCUT2D eigenvalue weighted by atomic mass is 14.9. The smallest absolute Gasteiger partial charge is 0.00387 e. The van der Waals surface area contributed by atoms with Gasteiger partial charge in [0.15, 0.2) is 0 Å². The van der Waals surface area contributed by atoms with Gasteiger partial charge >= 0.3 is 0 Å². The Labute approximate surface area is 102 Å². The highest BCUT2D eigenvalue weighted by molar-refractivity contribution is 4.70. The van der Waals surface area contributed by atoms with Crippen LogP contribution in [0.2, 0.25) is 0 Å². The standard InChI is InChI=1S/C14H32N2/c1-5-6-8-13(2)16-12-7-9-14(3,4)10-11-15/h13,16H,5-12,15H2,1-4H3. The van der Waals surface area contributed by atoms with E-state index in [9.17, 15) is 0 Å². The molecule has 0 spiro atoms. The summed E-state index contributed by atoms with van der Waals surface area (Å²) in [6.45, 7) is 11.1. The first kappa shape index (κ1) is 15.9. The Hall–Kier alpha value is -0.0800. The van der Waals surface area contributed by atoms with Gasteiger partial charge in [-0.25, -0.2) is 0 Å². The highest BCUT2D eigenvalue weighted by Gasteiger charge is 2.15. The summed E-state index contributed by atoms with van der Waals surface area (Å²) in [5.74, 6) is 0. The van der Waals surface area contributed by atoms with Gasteiger partial charge in [-0.15, -0.1) is 0 Å². The van der Waals surface area contributed by atoms with Crippen LogP contribution in [-0.4, -0.2) is 19.1 Å². The maximum atomic E-state index is 5.61. The largest absolute Gasteiger partial charge is 0.330 e. The zero-order valence-electron chi connectivity index (χ0n) is 11.8. The minimum absolute atomic E-state index is 0.420. The third kappa shape index (κ3) is 9.17. The van der Waals surface area contributed by atoms with E-state index in [2.05, 4.69) is 33.0 Å². The van der Waals surface area contributed by atoms with Crippen LogP contribution < -0.4 is 11.1 Å². The quantitative estimate of drug-likeness (QED) is 0.563. The van der Waals surface area contributed by atoms with E-state index in [0.29, 0.717) is 11.5 Å². The normalized spacial score (nSPS) is 14.1. The molecule has 2 nitrogen and oxygen atoms in total. The number of nitrogens with two attached hydrogens (primary N) is 1. The Kier molecular flexibility index (Phi) is 8.96. The molecule has 0 saturated carbocycles. The van der Waals surface area contributed by atoms with Crippen LogP contribution in [0.5, 0.6) is 0 Å². The lowest BCUT2D eigenvalue weighted by Crippen LogP contribution is -2.28. The predicted molar refractivity (Wildman–Crippen MR) is 73.7 cm³/mol. The Morgan fingerprint density at radius 3 is 2.44 bits per heavy atom. The molecule has 16 heavy (non-hydrogen) atoms. The van der Waals surface area contributed by atoms with Crippen molar-refractivity contribution in [1.82, 2.24) is 5.32 Å². The van der Waals surface area contributed by atoms with Crippen molar-refractivity contribution in [1.29, 1.82) is 0 Å². The van der Waals surface area contributed by atoms with Crippen LogP contribution in [-0.2, 0) is 0 Å². The van der Waals surface area contributed by atoms with Crippen molar-refractivity contribution >= 4 is 0 Å². The van der Waals surface area contributed by atoms with E-state index < -0.39 is 0 Å². The Balaban J connectivity index is 3.44. The van der Waals surface area contributed by atoms with Crippen LogP contribution in [0.4, 0.5) is 0 Å². The van der Waals surface area contributed by atoms with Gasteiger partial charge in [0, 0.05) is 6.04 Å². The van der Waals surface area contributed by atoms with Crippen molar-refractivity contribution in [2.24, 2.45) is 11.1 Å². The van der Waals surface area contributed by atoms with Gasteiger partial charge in [-0.1, -0.05) is 33.6 Å². The van der Waals surface area contributed by atoms with Crippen LogP contribution in [0.25, 0.3) is 0 Å². The van der Waals surface area contributed by atoms with E-state index in [-0.39, 0.29) is 0 Å². The maximum absolute atomic E-state index is 5.61. The predicted octanol–water partition coefficient (Wildman–Crippen LogP) is 3.31. The van der Waals surface area contributed by atoms with Gasteiger partial charge in [0.2, 0.25) is 0 Å². The van der Waals surface area contributed by atoms with Crippen molar-refractivity contribution < 1.29 is 0 Å². The molecule has 0 aromatic heterocycles. The zero-order valence-corrected chi connectivity index (χ0v) is 11.8. The summed E-state index contributed by atoms with van der Waals surface area (Å²) >= 11 is 0. The number of hydrogen-bond donors (Lipinski definition) is 2. The Bertz CT molecular complexity index is 155. The molecule has 0 amide bonds. The summed E-state index contributed by atoms with van der Waals surface area (Å²) < 4.78 is 0. The molecule has 0 heterocycles. The molecule has 0 aromatic carbocycles. The summed E-state index contributed by atoms with van der Waals surface area (Å²) in [5.41, 5.74) is 6.03. The van der Waals surface area contributed by atoms with Crippen LogP contribution in [0.15, 0.2) is 0 Å². The molecule has 0 aliphatic carbocycles. The average Bonchev–Trinajstić information content (AvgIpc) is 2.21. The molecule has 0 rings (SSSR count). The minimum Gasteiger partial charge on any atom is -0.330 e. The van der Waals surface area contributed by atoms with Crippen LogP contribution >= 0.6 is 0 Å². The molecular formula is C14H32N2. The van der Waals surface area contributed by atoms with Crippen molar-refractivity contribution in [3.8, 4) is 0 Å². The topological polar surface area (TPSA) is 38.0 Å². The van der Waals surface area contributed by atoms with E-state index in [1.165, 1.54) is 32.1 Å². The molecule has 0 aromatic rings. The fourth-order valence-electron chi connectivity index (χ4n) is 2.04. The fourth-order valence-corrected chi connectivity index (χ4v) is 2.04. The summed E-state index contributed by atoms with van der Waals surface area (Å²) in [6.07, 6.45) is 7.63. The monoisotopic (exact) mass is 228 g/mol. The first-order valence-corrected chi connectivity index (χ1v) is 6.95. The van der Waals surface area contributed by atoms with Crippen LogP contribution in [0, 0.1) is 5.41 Å². The molecule has 2 heteroatoms. The van der Waals surface area contributed by atoms with Gasteiger partial charge in [-0.2, -0.15) is 0 Å². The molecule has 0 bridgehead atoms. The molecule has 0 saturated heterocycles. The molecule has 0 aliphatic rings. The van der Waals surface area contributed by atoms with E-state index in [4.69, 9.17) is 5.73 Å². The van der Waals surface area contributed by atoms with Crippen molar-refractivity contribution in [3.05, 3.63) is 0 Å². The van der Waals surface area contributed by atoms with Gasteiger partial charge in [0.25, 0.3) is 0 Å². The number of hydrogen-bond acceptors (Lipinski definition) is 2. The molecule has 0 aliphatic heterocycles. The van der Waals surface area contributed by atoms with Gasteiger partial charge in [-0.05, 0) is 51.1 Å². The fraction of sp³-hybridized carbons (Fsp3) is 1.00. The van der Waals surface area contributed by atoms with Gasteiger partial charge in [0.1, 0.15) is 0 Å². The first-order valence-electron chi connectivity index (χ1n) is 6.95. The lowest BCUT2D eigenvalue weighted by atomic mass is 9.84. The van der Waals surface area contributed by atoms with E-state index in [1.807, 2.05) is 0 Å². The molecule has 3 N–H and O–H groups in total. The summed E-state index contributed by atoms with van der Waals surface area (Å²) in [5, 5.41) is 3.60. The maximum Gasteiger partial charge on any atom is 0.00387 e. The van der Waals surface area contributed by atoms with Gasteiger partial charge < -0.3 is 11.1 Å². The lowest BCUT2D eigenvalue weighted by Gasteiger charge is -2.24. The van der Waals surface area contributed by atoms with Gasteiger partial charge in [0.05, 0.1) is 0 Å². The van der Waals surface area contributed by atoms with E-state index >= 15 is 0 Å². The summed E-state index contributed by atoms with van der Waals surface area (Å²) in [7, 11) is 0. The minimum atomic E-state index is 0.420. The summed E-state index contributed by atoms with van der Waals surface area (Å²) in [4.78, 5) is 0. The molecular weight excluding hydrogens is 196 g/mol. The average molecular weight is 228 g/mol. The molecule has 0 radical (unpaired) electrons. The molecule has 1 atom stereocenters. The molecule has 1 unspecified atom stereocenters. The zero-order chi connectivity index (χ0) is 12.4. The van der Waals surface area contributed by atoms with Gasteiger partial charge in [-0.3, -0.25) is 0 Å². The second-order valence-electron chi connectivity index (χ2n) is 5.80. The molecule has 98 valence electrons. The molecule has 0 fully saturated rings. The highest BCUT2D eigenvalue weighted by Crippen LogP contribution is 2.25. The second kappa shape index (κ2) is 9.00. The van der Waals surface area contributed by atoms with E-state index in [0.717, 1.165) is 19.5 Å². The van der Waals surface area contributed by atoms with Crippen molar-refractivity contribution in [3.63, 3.8) is 0 Å². The lowest BCUT2D eigenvalue weighted by molar-refractivity contribution is 0.299. The van der Waals surface area contributed by atoms with E-state index in [1.54, 1.807) is 0 Å². The number of unbranched alkanes of at least 4 members (excludes halogenated alkanes) is 1. The van der Waals surface area contributed by atoms with Crippen molar-refractivity contribution in [2.75, 3.05) is 13.1 Å². The van der Waals surface area contributed by atoms with Crippen LogP contribution in [0.3, 0.4) is 0 Å². The third-order valence-electron chi connectivity index (χ3n) is 3.33. The van der Waals surface area contributed by atoms with Crippen molar-refractivity contribution in [2.45, 2.75) is 72.3 Å².